The lowest BCUT2D eigenvalue weighted by atomic mass is 10.1. The van der Waals surface area contributed by atoms with Crippen molar-refractivity contribution in [3.63, 3.8) is 0 Å². The molecule has 0 spiro atoms. The zero-order valence-corrected chi connectivity index (χ0v) is 11.2. The van der Waals surface area contributed by atoms with Crippen molar-refractivity contribution in [1.29, 1.82) is 0 Å². The second-order valence-corrected chi connectivity index (χ2v) is 5.15. The molecule has 2 heterocycles. The number of rotatable bonds is 1. The van der Waals surface area contributed by atoms with E-state index >= 15 is 0 Å². The molecule has 88 valence electrons. The van der Waals surface area contributed by atoms with Gasteiger partial charge in [0.05, 0.1) is 3.57 Å². The van der Waals surface area contributed by atoms with E-state index in [9.17, 15) is 8.78 Å². The third-order valence-corrected chi connectivity index (χ3v) is 3.43. The first-order valence-corrected chi connectivity index (χ1v) is 6.24. The van der Waals surface area contributed by atoms with Crippen molar-refractivity contribution < 1.29 is 8.78 Å². The monoisotopic (exact) mass is 359 g/mol. The van der Waals surface area contributed by atoms with Crippen LogP contribution in [0.15, 0.2) is 6.20 Å². The van der Waals surface area contributed by atoms with Gasteiger partial charge in [0.15, 0.2) is 0 Å². The van der Waals surface area contributed by atoms with Crippen LogP contribution >= 0.6 is 34.2 Å². The Morgan fingerprint density at radius 3 is 2.62 bits per heavy atom. The van der Waals surface area contributed by atoms with Crippen LogP contribution in [0.1, 0.15) is 12.8 Å². The van der Waals surface area contributed by atoms with Crippen molar-refractivity contribution in [2.45, 2.75) is 18.8 Å². The lowest BCUT2D eigenvalue weighted by molar-refractivity contribution is -0.0221. The summed E-state index contributed by atoms with van der Waals surface area (Å²) in [5, 5.41) is 0.146. The van der Waals surface area contributed by atoms with Crippen LogP contribution in [0.3, 0.4) is 0 Å². The number of aromatic nitrogens is 2. The minimum Gasteiger partial charge on any atom is -0.355 e. The summed E-state index contributed by atoms with van der Waals surface area (Å²) >= 11 is 7.77. The molecule has 0 saturated carbocycles. The van der Waals surface area contributed by atoms with Crippen molar-refractivity contribution >= 4 is 40.0 Å². The van der Waals surface area contributed by atoms with Crippen molar-refractivity contribution in [2.24, 2.45) is 0 Å². The van der Waals surface area contributed by atoms with Crippen molar-refractivity contribution in [1.82, 2.24) is 9.97 Å². The Morgan fingerprint density at radius 2 is 2.00 bits per heavy atom. The predicted molar refractivity (Wildman–Crippen MR) is 66.2 cm³/mol. The van der Waals surface area contributed by atoms with Crippen LogP contribution in [0.5, 0.6) is 0 Å². The second-order valence-electron chi connectivity index (χ2n) is 3.65. The molecule has 0 unspecified atom stereocenters. The van der Waals surface area contributed by atoms with Gasteiger partial charge in [-0.25, -0.2) is 13.8 Å². The van der Waals surface area contributed by atoms with Gasteiger partial charge in [0.2, 0.25) is 5.28 Å². The Bertz CT molecular complexity index is 392. The lowest BCUT2D eigenvalue weighted by Gasteiger charge is -2.32. The highest BCUT2D eigenvalue weighted by atomic mass is 127. The van der Waals surface area contributed by atoms with Gasteiger partial charge in [0.25, 0.3) is 5.92 Å². The van der Waals surface area contributed by atoms with E-state index in [1.165, 1.54) is 0 Å². The second kappa shape index (κ2) is 4.56. The van der Waals surface area contributed by atoms with Gasteiger partial charge in [-0.05, 0) is 34.2 Å². The van der Waals surface area contributed by atoms with E-state index in [0.29, 0.717) is 18.9 Å². The molecule has 1 aliphatic heterocycles. The topological polar surface area (TPSA) is 29.0 Å². The molecule has 0 amide bonds. The molecule has 0 atom stereocenters. The van der Waals surface area contributed by atoms with Gasteiger partial charge in [-0.3, -0.25) is 0 Å². The van der Waals surface area contributed by atoms with Crippen LogP contribution in [0.2, 0.25) is 5.28 Å². The van der Waals surface area contributed by atoms with Gasteiger partial charge in [0.1, 0.15) is 5.82 Å². The van der Waals surface area contributed by atoms with Gasteiger partial charge < -0.3 is 4.90 Å². The molecule has 1 aliphatic rings. The number of hydrogen-bond acceptors (Lipinski definition) is 3. The van der Waals surface area contributed by atoms with Crippen LogP contribution in [-0.2, 0) is 0 Å². The molecule has 0 aromatic carbocycles. The summed E-state index contributed by atoms with van der Waals surface area (Å²) in [6.07, 6.45) is 1.33. The van der Waals surface area contributed by atoms with E-state index in [0.717, 1.165) is 3.57 Å². The van der Waals surface area contributed by atoms with Gasteiger partial charge in [-0.15, -0.1) is 0 Å². The summed E-state index contributed by atoms with van der Waals surface area (Å²) in [7, 11) is 0. The summed E-state index contributed by atoms with van der Waals surface area (Å²) in [6, 6.07) is 0. The fraction of sp³-hybridized carbons (Fsp3) is 0.556. The molecular formula is C9H9ClF2IN3. The van der Waals surface area contributed by atoms with Crippen molar-refractivity contribution in [2.75, 3.05) is 18.0 Å². The first-order chi connectivity index (χ1) is 7.48. The molecule has 1 saturated heterocycles. The smallest absolute Gasteiger partial charge is 0.251 e. The Morgan fingerprint density at radius 1 is 1.38 bits per heavy atom. The fourth-order valence-electron chi connectivity index (χ4n) is 1.60. The van der Waals surface area contributed by atoms with Crippen LogP contribution in [0, 0.1) is 3.57 Å². The zero-order chi connectivity index (χ0) is 11.8. The molecule has 2 rings (SSSR count). The molecule has 1 aromatic heterocycles. The van der Waals surface area contributed by atoms with Crippen LogP contribution in [-0.4, -0.2) is 29.0 Å². The minimum atomic E-state index is -2.54. The third kappa shape index (κ3) is 2.71. The average molecular weight is 360 g/mol. The van der Waals surface area contributed by atoms with Crippen LogP contribution in [0.25, 0.3) is 0 Å². The standard InChI is InChI=1S/C9H9ClF2IN3/c10-8-14-5-6(13)7(15-8)16-3-1-9(11,12)2-4-16/h5H,1-4H2. The average Bonchev–Trinajstić information content (AvgIpc) is 2.22. The van der Waals surface area contributed by atoms with E-state index in [2.05, 4.69) is 32.6 Å². The van der Waals surface area contributed by atoms with Crippen molar-refractivity contribution in [3.05, 3.63) is 15.1 Å². The highest BCUT2D eigenvalue weighted by molar-refractivity contribution is 14.1. The van der Waals surface area contributed by atoms with Gasteiger partial charge in [0, 0.05) is 32.1 Å². The van der Waals surface area contributed by atoms with E-state index in [1.54, 1.807) is 6.20 Å². The quantitative estimate of drug-likeness (QED) is 0.570. The molecule has 0 N–H and O–H groups in total. The van der Waals surface area contributed by atoms with E-state index < -0.39 is 5.92 Å². The molecule has 1 fully saturated rings. The van der Waals surface area contributed by atoms with E-state index in [1.807, 2.05) is 4.90 Å². The molecule has 7 heteroatoms. The van der Waals surface area contributed by atoms with E-state index in [4.69, 9.17) is 11.6 Å². The first kappa shape index (κ1) is 12.2. The number of alkyl halides is 2. The number of piperidine rings is 1. The number of halogens is 4. The zero-order valence-electron chi connectivity index (χ0n) is 8.26. The Hall–Kier alpha value is -0.240. The Kier molecular flexibility index (Phi) is 3.48. The highest BCUT2D eigenvalue weighted by Crippen LogP contribution is 2.31. The van der Waals surface area contributed by atoms with E-state index in [-0.39, 0.29) is 18.1 Å². The molecule has 0 bridgehead atoms. The highest BCUT2D eigenvalue weighted by Gasteiger charge is 2.34. The number of nitrogens with zero attached hydrogens (tertiary/aromatic N) is 3. The molecule has 16 heavy (non-hydrogen) atoms. The maximum Gasteiger partial charge on any atom is 0.251 e. The van der Waals surface area contributed by atoms with Gasteiger partial charge >= 0.3 is 0 Å². The van der Waals surface area contributed by atoms with Crippen LogP contribution in [0.4, 0.5) is 14.6 Å². The summed E-state index contributed by atoms with van der Waals surface area (Å²) in [6.45, 7) is 0.604. The third-order valence-electron chi connectivity index (χ3n) is 2.49. The molecular weight excluding hydrogens is 350 g/mol. The first-order valence-electron chi connectivity index (χ1n) is 4.79. The van der Waals surface area contributed by atoms with Crippen molar-refractivity contribution in [3.8, 4) is 0 Å². The minimum absolute atomic E-state index is 0.134. The normalized spacial score (nSPS) is 19.9. The molecule has 3 nitrogen and oxygen atoms in total. The predicted octanol–water partition coefficient (Wildman–Crippen LogP) is 2.97. The fourth-order valence-corrected chi connectivity index (χ4v) is 2.33. The molecule has 0 aliphatic carbocycles. The maximum absolute atomic E-state index is 13.0. The summed E-state index contributed by atoms with van der Waals surface area (Å²) in [5.74, 6) is -1.89. The van der Waals surface area contributed by atoms with Gasteiger partial charge in [-0.2, -0.15) is 4.98 Å². The molecule has 0 radical (unpaired) electrons. The van der Waals surface area contributed by atoms with Gasteiger partial charge in [-0.1, -0.05) is 0 Å². The number of hydrogen-bond donors (Lipinski definition) is 0. The van der Waals surface area contributed by atoms with Crippen LogP contribution < -0.4 is 4.90 Å². The summed E-state index contributed by atoms with van der Waals surface area (Å²) in [4.78, 5) is 9.73. The largest absolute Gasteiger partial charge is 0.355 e. The number of anilines is 1. The Labute approximate surface area is 110 Å². The Balaban J connectivity index is 2.17. The summed E-state index contributed by atoms with van der Waals surface area (Å²) < 4.78 is 26.8. The summed E-state index contributed by atoms with van der Waals surface area (Å²) in [5.41, 5.74) is 0. The SMILES string of the molecule is FC1(F)CCN(c2nc(Cl)ncc2I)CC1. The maximum atomic E-state index is 13.0. The lowest BCUT2D eigenvalue weighted by Crippen LogP contribution is -2.40. The molecule has 1 aromatic rings.